The lowest BCUT2D eigenvalue weighted by Crippen LogP contribution is -2.31. The van der Waals surface area contributed by atoms with E-state index in [0.29, 0.717) is 10.4 Å². The summed E-state index contributed by atoms with van der Waals surface area (Å²) in [5.41, 5.74) is 5.79. The summed E-state index contributed by atoms with van der Waals surface area (Å²) in [7, 11) is 0. The lowest BCUT2D eigenvalue weighted by molar-refractivity contribution is -0.116. The fourth-order valence-corrected chi connectivity index (χ4v) is 1.23. The van der Waals surface area contributed by atoms with Crippen LogP contribution < -0.4 is 11.1 Å². The van der Waals surface area contributed by atoms with E-state index in [2.05, 4.69) is 31.2 Å². The van der Waals surface area contributed by atoms with Gasteiger partial charge in [0, 0.05) is 12.5 Å². The van der Waals surface area contributed by atoms with Crippen molar-refractivity contribution in [2.45, 2.75) is 26.3 Å². The number of nitrogens with two attached hydrogens (primary N) is 1. The Morgan fingerprint density at radius 2 is 2.19 bits per heavy atom. The molecule has 6 heteroatoms. The Labute approximate surface area is 103 Å². The maximum absolute atomic E-state index is 11.5. The minimum atomic E-state index is -0.141. The van der Waals surface area contributed by atoms with Gasteiger partial charge in [-0.3, -0.25) is 4.79 Å². The molecule has 1 heterocycles. The molecule has 0 bridgehead atoms. The molecular weight excluding hydrogens is 272 g/mol. The van der Waals surface area contributed by atoms with Gasteiger partial charge in [-0.2, -0.15) is 0 Å². The molecule has 1 unspecified atom stereocenters. The molecule has 0 radical (unpaired) electrons. The van der Waals surface area contributed by atoms with Gasteiger partial charge in [0.1, 0.15) is 4.60 Å². The zero-order valence-corrected chi connectivity index (χ0v) is 10.9. The molecule has 0 aromatic carbocycles. The first-order valence-electron chi connectivity index (χ1n) is 5.02. The Hall–Kier alpha value is -1.01. The van der Waals surface area contributed by atoms with E-state index in [9.17, 15) is 4.79 Å². The van der Waals surface area contributed by atoms with Crippen LogP contribution in [0.15, 0.2) is 17.0 Å². The highest BCUT2D eigenvalue weighted by Gasteiger charge is 2.13. The number of hydrogen-bond acceptors (Lipinski definition) is 4. The van der Waals surface area contributed by atoms with Crippen LogP contribution in [0.4, 0.5) is 5.82 Å². The number of carbonyl (C=O) groups excluding carboxylic acids is 1. The Morgan fingerprint density at radius 1 is 1.50 bits per heavy atom. The number of carbonyl (C=O) groups is 1. The molecule has 0 saturated heterocycles. The van der Waals surface area contributed by atoms with Gasteiger partial charge in [0.15, 0.2) is 5.82 Å². The van der Waals surface area contributed by atoms with Crippen molar-refractivity contribution in [3.05, 3.63) is 17.0 Å². The van der Waals surface area contributed by atoms with Gasteiger partial charge in [-0.25, -0.2) is 9.97 Å². The molecular formula is C10H15BrN4O. The highest BCUT2D eigenvalue weighted by molar-refractivity contribution is 9.10. The first-order valence-corrected chi connectivity index (χ1v) is 5.81. The lowest BCUT2D eigenvalue weighted by atomic mass is 10.0. The van der Waals surface area contributed by atoms with Crippen LogP contribution in [0, 0.1) is 5.92 Å². The van der Waals surface area contributed by atoms with Crippen LogP contribution in [0.25, 0.3) is 0 Å². The molecule has 1 amide bonds. The van der Waals surface area contributed by atoms with E-state index in [1.54, 1.807) is 0 Å². The van der Waals surface area contributed by atoms with E-state index < -0.39 is 0 Å². The summed E-state index contributed by atoms with van der Waals surface area (Å²) < 4.78 is 0.629. The van der Waals surface area contributed by atoms with Gasteiger partial charge in [0.25, 0.3) is 0 Å². The first kappa shape index (κ1) is 13.1. The van der Waals surface area contributed by atoms with Crippen LogP contribution in [0.5, 0.6) is 0 Å². The monoisotopic (exact) mass is 286 g/mol. The SMILES string of the molecule is CC(C)C(N)CC(=O)Nc1cnc(Br)cn1. The van der Waals surface area contributed by atoms with Gasteiger partial charge >= 0.3 is 0 Å². The van der Waals surface area contributed by atoms with Crippen molar-refractivity contribution in [2.24, 2.45) is 11.7 Å². The van der Waals surface area contributed by atoms with E-state index in [0.717, 1.165) is 0 Å². The summed E-state index contributed by atoms with van der Waals surface area (Å²) in [6.07, 6.45) is 3.30. The van der Waals surface area contributed by atoms with Crippen LogP contribution in [-0.4, -0.2) is 21.9 Å². The van der Waals surface area contributed by atoms with Crippen molar-refractivity contribution in [1.29, 1.82) is 0 Å². The Kier molecular flexibility index (Phi) is 4.82. The second-order valence-corrected chi connectivity index (χ2v) is 4.70. The molecule has 0 aliphatic heterocycles. The molecule has 1 aromatic heterocycles. The van der Waals surface area contributed by atoms with E-state index in [4.69, 9.17) is 5.73 Å². The van der Waals surface area contributed by atoms with Gasteiger partial charge < -0.3 is 11.1 Å². The minimum Gasteiger partial charge on any atom is -0.327 e. The molecule has 0 aliphatic rings. The Balaban J connectivity index is 2.48. The van der Waals surface area contributed by atoms with Crippen LogP contribution >= 0.6 is 15.9 Å². The molecule has 1 atom stereocenters. The molecule has 1 rings (SSSR count). The number of hydrogen-bond donors (Lipinski definition) is 2. The topological polar surface area (TPSA) is 80.9 Å². The third-order valence-corrected chi connectivity index (χ3v) is 2.57. The normalized spacial score (nSPS) is 12.6. The summed E-state index contributed by atoms with van der Waals surface area (Å²) in [5.74, 6) is 0.573. The number of nitrogens with zero attached hydrogens (tertiary/aromatic N) is 2. The number of anilines is 1. The van der Waals surface area contributed by atoms with Crippen molar-refractivity contribution < 1.29 is 4.79 Å². The van der Waals surface area contributed by atoms with Gasteiger partial charge in [-0.15, -0.1) is 0 Å². The van der Waals surface area contributed by atoms with E-state index >= 15 is 0 Å². The molecule has 1 aromatic rings. The van der Waals surface area contributed by atoms with Gasteiger partial charge in [0.2, 0.25) is 5.91 Å². The molecule has 88 valence electrons. The fourth-order valence-electron chi connectivity index (χ4n) is 1.02. The summed E-state index contributed by atoms with van der Waals surface area (Å²) in [5, 5.41) is 2.64. The number of amides is 1. The molecule has 0 spiro atoms. The molecule has 0 aliphatic carbocycles. The largest absolute Gasteiger partial charge is 0.327 e. The Bertz CT molecular complexity index is 352. The van der Waals surface area contributed by atoms with Gasteiger partial charge in [-0.05, 0) is 21.8 Å². The Morgan fingerprint density at radius 3 is 2.69 bits per heavy atom. The number of rotatable bonds is 4. The van der Waals surface area contributed by atoms with Crippen LogP contribution in [0.2, 0.25) is 0 Å². The van der Waals surface area contributed by atoms with Crippen LogP contribution in [0.3, 0.4) is 0 Å². The predicted molar refractivity (Wildman–Crippen MR) is 65.8 cm³/mol. The smallest absolute Gasteiger partial charge is 0.227 e. The zero-order chi connectivity index (χ0) is 12.1. The highest BCUT2D eigenvalue weighted by atomic mass is 79.9. The van der Waals surface area contributed by atoms with Gasteiger partial charge in [-0.1, -0.05) is 13.8 Å². The number of nitrogens with one attached hydrogen (secondary N) is 1. The maximum atomic E-state index is 11.5. The van der Waals surface area contributed by atoms with Crippen LogP contribution in [-0.2, 0) is 4.79 Å². The average Bonchev–Trinajstić information content (AvgIpc) is 2.21. The van der Waals surface area contributed by atoms with Crippen molar-refractivity contribution in [2.75, 3.05) is 5.32 Å². The van der Waals surface area contributed by atoms with Gasteiger partial charge in [0.05, 0.1) is 12.4 Å². The van der Waals surface area contributed by atoms with E-state index in [-0.39, 0.29) is 24.3 Å². The molecule has 3 N–H and O–H groups in total. The quantitative estimate of drug-likeness (QED) is 0.880. The van der Waals surface area contributed by atoms with Crippen molar-refractivity contribution in [3.63, 3.8) is 0 Å². The number of aromatic nitrogens is 2. The van der Waals surface area contributed by atoms with Crippen LogP contribution in [0.1, 0.15) is 20.3 Å². The summed E-state index contributed by atoms with van der Waals surface area (Å²) in [4.78, 5) is 19.5. The summed E-state index contributed by atoms with van der Waals surface area (Å²) >= 11 is 3.16. The lowest BCUT2D eigenvalue weighted by Gasteiger charge is -2.14. The molecule has 16 heavy (non-hydrogen) atoms. The van der Waals surface area contributed by atoms with Crippen molar-refractivity contribution in [3.8, 4) is 0 Å². The fraction of sp³-hybridized carbons (Fsp3) is 0.500. The number of halogens is 1. The summed E-state index contributed by atoms with van der Waals surface area (Å²) in [6.45, 7) is 3.97. The zero-order valence-electron chi connectivity index (χ0n) is 9.27. The first-order chi connectivity index (χ1) is 7.49. The standard InChI is InChI=1S/C10H15BrN4O/c1-6(2)7(12)3-10(16)15-9-5-13-8(11)4-14-9/h4-7H,3,12H2,1-2H3,(H,14,15,16). The third kappa shape index (κ3) is 4.24. The third-order valence-electron chi connectivity index (χ3n) is 2.17. The maximum Gasteiger partial charge on any atom is 0.227 e. The van der Waals surface area contributed by atoms with Crippen molar-refractivity contribution in [1.82, 2.24) is 9.97 Å². The summed E-state index contributed by atoms with van der Waals surface area (Å²) in [6, 6.07) is -0.136. The van der Waals surface area contributed by atoms with E-state index in [1.165, 1.54) is 12.4 Å². The predicted octanol–water partition coefficient (Wildman–Crippen LogP) is 1.55. The molecule has 0 fully saturated rings. The average molecular weight is 287 g/mol. The van der Waals surface area contributed by atoms with E-state index in [1.807, 2.05) is 13.8 Å². The highest BCUT2D eigenvalue weighted by Crippen LogP contribution is 2.08. The second-order valence-electron chi connectivity index (χ2n) is 3.88. The second kappa shape index (κ2) is 5.91. The molecule has 0 saturated carbocycles. The molecule has 5 nitrogen and oxygen atoms in total. The van der Waals surface area contributed by atoms with Crippen molar-refractivity contribution >= 4 is 27.7 Å². The minimum absolute atomic E-state index is 0.136.